The van der Waals surface area contributed by atoms with Gasteiger partial charge in [0.15, 0.2) is 0 Å². The molecule has 5 aromatic rings. The quantitative estimate of drug-likeness (QED) is 0.155. The second kappa shape index (κ2) is 12.5. The molecule has 0 bridgehead atoms. The zero-order valence-corrected chi connectivity index (χ0v) is 30.3. The van der Waals surface area contributed by atoms with Gasteiger partial charge in [0.25, 0.3) is 0 Å². The van der Waals surface area contributed by atoms with E-state index in [-0.39, 0.29) is 5.41 Å². The fourth-order valence-electron chi connectivity index (χ4n) is 9.76. The Labute approximate surface area is 313 Å². The van der Waals surface area contributed by atoms with E-state index in [2.05, 4.69) is 195 Å². The smallest absolute Gasteiger partial charge is 0.0734 e. The molecular formula is C52H41N. The van der Waals surface area contributed by atoms with Gasteiger partial charge in [0.05, 0.1) is 5.41 Å². The fourth-order valence-corrected chi connectivity index (χ4v) is 9.76. The third-order valence-electron chi connectivity index (χ3n) is 11.8. The van der Waals surface area contributed by atoms with Crippen molar-refractivity contribution in [1.82, 2.24) is 0 Å². The topological polar surface area (TPSA) is 3.24 Å². The van der Waals surface area contributed by atoms with Crippen molar-refractivity contribution in [3.63, 3.8) is 0 Å². The first kappa shape index (κ1) is 31.5. The van der Waals surface area contributed by atoms with E-state index < -0.39 is 0 Å². The molecule has 5 aliphatic carbocycles. The Morgan fingerprint density at radius 2 is 1.38 bits per heavy atom. The second-order valence-electron chi connectivity index (χ2n) is 14.5. The predicted molar refractivity (Wildman–Crippen MR) is 224 cm³/mol. The third kappa shape index (κ3) is 4.57. The zero-order valence-electron chi connectivity index (χ0n) is 30.3. The van der Waals surface area contributed by atoms with Crippen molar-refractivity contribution in [3.8, 4) is 33.4 Å². The van der Waals surface area contributed by atoms with Gasteiger partial charge in [-0.2, -0.15) is 0 Å². The molecule has 0 aromatic heterocycles. The minimum Gasteiger partial charge on any atom is -0.314 e. The molecule has 1 nitrogen and oxygen atoms in total. The van der Waals surface area contributed by atoms with E-state index in [0.29, 0.717) is 0 Å². The molecule has 5 aliphatic rings. The number of rotatable bonds is 7. The number of hydrogen-bond acceptors (Lipinski definition) is 1. The van der Waals surface area contributed by atoms with Gasteiger partial charge in [0.2, 0.25) is 0 Å². The number of anilines is 1. The highest BCUT2D eigenvalue weighted by Gasteiger charge is 2.57. The Morgan fingerprint density at radius 1 is 0.679 bits per heavy atom. The van der Waals surface area contributed by atoms with Crippen LogP contribution in [0.2, 0.25) is 0 Å². The van der Waals surface area contributed by atoms with Crippen LogP contribution in [0.1, 0.15) is 60.9 Å². The first-order valence-corrected chi connectivity index (χ1v) is 19.1. The van der Waals surface area contributed by atoms with Crippen LogP contribution in [-0.4, -0.2) is 0 Å². The Morgan fingerprint density at radius 3 is 2.15 bits per heavy atom. The van der Waals surface area contributed by atoms with E-state index in [9.17, 15) is 0 Å². The van der Waals surface area contributed by atoms with Gasteiger partial charge >= 0.3 is 0 Å². The fraction of sp³-hybridized carbons (Fsp3) is 0.115. The zero-order chi connectivity index (χ0) is 35.5. The van der Waals surface area contributed by atoms with Crippen LogP contribution >= 0.6 is 0 Å². The number of fused-ring (bicyclic) bond motifs is 4. The Kier molecular flexibility index (Phi) is 7.44. The van der Waals surface area contributed by atoms with Crippen molar-refractivity contribution in [1.29, 1.82) is 0 Å². The summed E-state index contributed by atoms with van der Waals surface area (Å²) in [5, 5.41) is 0. The maximum absolute atomic E-state index is 2.51. The van der Waals surface area contributed by atoms with Crippen molar-refractivity contribution >= 4 is 16.8 Å². The summed E-state index contributed by atoms with van der Waals surface area (Å²) in [4.78, 5) is 2.46. The van der Waals surface area contributed by atoms with Crippen molar-refractivity contribution < 1.29 is 0 Å². The summed E-state index contributed by atoms with van der Waals surface area (Å²) in [7, 11) is 0. The van der Waals surface area contributed by atoms with Crippen LogP contribution < -0.4 is 4.90 Å². The molecule has 0 aliphatic heterocycles. The van der Waals surface area contributed by atoms with Crippen molar-refractivity contribution in [3.05, 3.63) is 221 Å². The van der Waals surface area contributed by atoms with Crippen molar-refractivity contribution in [2.45, 2.75) is 38.5 Å². The van der Waals surface area contributed by atoms with Crippen LogP contribution in [0.15, 0.2) is 193 Å². The molecule has 10 rings (SSSR count). The van der Waals surface area contributed by atoms with Gasteiger partial charge in [0.1, 0.15) is 0 Å². The Hall–Kier alpha value is -6.18. The number of nitrogens with zero attached hydrogens (tertiary/aromatic N) is 1. The first-order chi connectivity index (χ1) is 26.2. The number of allylic oxidation sites excluding steroid dienone is 15. The lowest BCUT2D eigenvalue weighted by molar-refractivity contribution is 0.810. The van der Waals surface area contributed by atoms with Gasteiger partial charge in [-0.15, -0.1) is 0 Å². The molecule has 0 saturated heterocycles. The van der Waals surface area contributed by atoms with Gasteiger partial charge in [-0.25, -0.2) is 0 Å². The molecule has 1 atom stereocenters. The second-order valence-corrected chi connectivity index (χ2v) is 14.5. The van der Waals surface area contributed by atoms with Gasteiger partial charge in [-0.05, 0) is 123 Å². The highest BCUT2D eigenvalue weighted by Crippen LogP contribution is 2.70. The summed E-state index contributed by atoms with van der Waals surface area (Å²) >= 11 is 0. The number of benzene rings is 5. The molecule has 1 heteroatoms. The molecule has 0 fully saturated rings. The molecule has 0 heterocycles. The van der Waals surface area contributed by atoms with Crippen molar-refractivity contribution in [2.75, 3.05) is 4.90 Å². The minimum atomic E-state index is -0.272. The van der Waals surface area contributed by atoms with Crippen LogP contribution in [-0.2, 0) is 5.41 Å². The van der Waals surface area contributed by atoms with Gasteiger partial charge < -0.3 is 4.90 Å². The maximum atomic E-state index is 2.51. The lowest BCUT2D eigenvalue weighted by Crippen LogP contribution is -2.24. The van der Waals surface area contributed by atoms with Crippen LogP contribution in [0.3, 0.4) is 0 Å². The van der Waals surface area contributed by atoms with Crippen molar-refractivity contribution in [2.24, 2.45) is 0 Å². The SMILES string of the molecule is C/C=C\C(=C(/CC)N(C1=CCC=CC=C1)c1ccc(-c2ccc3c(c2)C24C5=C(CC=CC=C5)c5cccc(c52)-c2cccc-3c24)cc1)c1ccccc1. The normalized spacial score (nSPS) is 18.7. The molecular weight excluding hydrogens is 639 g/mol. The molecule has 1 spiro atoms. The Bertz CT molecular complexity index is 2580. The molecule has 1 unspecified atom stereocenters. The molecule has 53 heavy (non-hydrogen) atoms. The predicted octanol–water partition coefficient (Wildman–Crippen LogP) is 13.5. The lowest BCUT2D eigenvalue weighted by Gasteiger charge is -2.31. The van der Waals surface area contributed by atoms with Gasteiger partial charge in [0, 0.05) is 22.7 Å². The molecule has 254 valence electrons. The van der Waals surface area contributed by atoms with E-state index in [1.165, 1.54) is 89.3 Å². The van der Waals surface area contributed by atoms with Crippen LogP contribution in [0.25, 0.3) is 44.5 Å². The largest absolute Gasteiger partial charge is 0.314 e. The first-order valence-electron chi connectivity index (χ1n) is 19.1. The highest BCUT2D eigenvalue weighted by atomic mass is 15.2. The maximum Gasteiger partial charge on any atom is 0.0734 e. The molecule has 0 saturated carbocycles. The third-order valence-corrected chi connectivity index (χ3v) is 11.8. The summed E-state index contributed by atoms with van der Waals surface area (Å²) < 4.78 is 0. The monoisotopic (exact) mass is 679 g/mol. The molecule has 0 N–H and O–H groups in total. The molecule has 0 amide bonds. The van der Waals surface area contributed by atoms with Crippen LogP contribution in [0.5, 0.6) is 0 Å². The summed E-state index contributed by atoms with van der Waals surface area (Å²) in [6.07, 6.45) is 27.5. The summed E-state index contributed by atoms with van der Waals surface area (Å²) in [5.41, 5.74) is 22.6. The van der Waals surface area contributed by atoms with E-state index in [1.54, 1.807) is 0 Å². The van der Waals surface area contributed by atoms with E-state index >= 15 is 0 Å². The summed E-state index contributed by atoms with van der Waals surface area (Å²) in [6, 6.07) is 41.2. The van der Waals surface area contributed by atoms with Crippen LogP contribution in [0.4, 0.5) is 5.69 Å². The lowest BCUT2D eigenvalue weighted by atomic mass is 9.71. The van der Waals surface area contributed by atoms with E-state index in [0.717, 1.165) is 24.9 Å². The van der Waals surface area contributed by atoms with Gasteiger partial charge in [-0.3, -0.25) is 0 Å². The average Bonchev–Trinajstić information content (AvgIpc) is 3.52. The molecule has 5 aromatic carbocycles. The van der Waals surface area contributed by atoms with E-state index in [1.807, 2.05) is 0 Å². The molecule has 0 radical (unpaired) electrons. The average molecular weight is 680 g/mol. The Balaban J connectivity index is 1.12. The standard InChI is InChI=1S/C52H41N/c1-3-17-40(36-18-9-7-10-19-36)49(4-2)53(38-20-11-5-6-12-21-38)39-31-28-35(29-32-39)37-30-33-42-44-24-16-26-46-45-25-15-23-43-41-22-13-8-14-27-47(41)52(50(43)45,51(44)46)48(42)34-37/h3,5-11,13-21,23-34H,4,12,22H2,1-2H3/b17-3-,49-40-. The summed E-state index contributed by atoms with van der Waals surface area (Å²) in [5.74, 6) is 0. The van der Waals surface area contributed by atoms with E-state index in [4.69, 9.17) is 0 Å². The summed E-state index contributed by atoms with van der Waals surface area (Å²) in [6.45, 7) is 4.38. The minimum absolute atomic E-state index is 0.272. The number of hydrogen-bond donors (Lipinski definition) is 0. The van der Waals surface area contributed by atoms with Gasteiger partial charge in [-0.1, -0.05) is 159 Å². The van der Waals surface area contributed by atoms with Crippen LogP contribution in [0, 0.1) is 0 Å². The highest BCUT2D eigenvalue weighted by molar-refractivity contribution is 6.06.